The largest absolute Gasteiger partial charge is 0.398 e. The van der Waals surface area contributed by atoms with Gasteiger partial charge in [-0.25, -0.2) is 4.68 Å². The van der Waals surface area contributed by atoms with Crippen molar-refractivity contribution in [1.29, 1.82) is 0 Å². The van der Waals surface area contributed by atoms with Gasteiger partial charge >= 0.3 is 0 Å². The van der Waals surface area contributed by atoms with E-state index >= 15 is 0 Å². The van der Waals surface area contributed by atoms with E-state index in [4.69, 9.17) is 17.3 Å². The number of nitrogens with zero attached hydrogens (tertiary/aromatic N) is 2. The van der Waals surface area contributed by atoms with E-state index in [-0.39, 0.29) is 0 Å². The van der Waals surface area contributed by atoms with Gasteiger partial charge in [-0.15, -0.1) is 0 Å². The fourth-order valence-electron chi connectivity index (χ4n) is 2.15. The van der Waals surface area contributed by atoms with Gasteiger partial charge in [0, 0.05) is 29.6 Å². The van der Waals surface area contributed by atoms with Gasteiger partial charge in [-0.3, -0.25) is 0 Å². The lowest BCUT2D eigenvalue weighted by molar-refractivity contribution is 0.879. The van der Waals surface area contributed by atoms with E-state index in [1.165, 1.54) is 0 Å². The van der Waals surface area contributed by atoms with Crippen molar-refractivity contribution in [3.8, 4) is 5.69 Å². The summed E-state index contributed by atoms with van der Waals surface area (Å²) in [6.45, 7) is 0.626. The first-order valence-electron chi connectivity index (χ1n) is 6.61. The predicted molar refractivity (Wildman–Crippen MR) is 86.8 cm³/mol. The summed E-state index contributed by atoms with van der Waals surface area (Å²) in [4.78, 5) is 0. The molecule has 0 aliphatic rings. The molecule has 0 unspecified atom stereocenters. The molecule has 106 valence electrons. The second-order valence-corrected chi connectivity index (χ2v) is 5.10. The molecule has 4 nitrogen and oxygen atoms in total. The molecule has 0 bridgehead atoms. The van der Waals surface area contributed by atoms with Crippen LogP contribution in [0.2, 0.25) is 5.02 Å². The highest BCUT2D eigenvalue weighted by Crippen LogP contribution is 2.25. The highest BCUT2D eigenvalue weighted by Gasteiger charge is 2.06. The van der Waals surface area contributed by atoms with Crippen molar-refractivity contribution < 1.29 is 0 Å². The zero-order valence-electron chi connectivity index (χ0n) is 11.3. The molecule has 0 atom stereocenters. The molecular weight excluding hydrogens is 284 g/mol. The average Bonchev–Trinajstić information content (AvgIpc) is 3.00. The summed E-state index contributed by atoms with van der Waals surface area (Å²) < 4.78 is 1.80. The minimum absolute atomic E-state index is 0.626. The zero-order valence-corrected chi connectivity index (χ0v) is 12.1. The number of rotatable bonds is 4. The summed E-state index contributed by atoms with van der Waals surface area (Å²) in [5.74, 6) is 0. The topological polar surface area (TPSA) is 55.9 Å². The first kappa shape index (κ1) is 13.5. The average molecular weight is 299 g/mol. The minimum atomic E-state index is 0.626. The molecular formula is C16H15ClN4. The van der Waals surface area contributed by atoms with E-state index in [1.54, 1.807) is 10.9 Å². The molecule has 2 aromatic carbocycles. The van der Waals surface area contributed by atoms with Crippen molar-refractivity contribution in [1.82, 2.24) is 9.78 Å². The lowest BCUT2D eigenvalue weighted by atomic mass is 10.1. The number of nitrogen functional groups attached to an aromatic ring is 1. The molecule has 3 N–H and O–H groups in total. The van der Waals surface area contributed by atoms with Crippen LogP contribution in [0.3, 0.4) is 0 Å². The van der Waals surface area contributed by atoms with Crippen LogP contribution in [-0.2, 0) is 6.54 Å². The van der Waals surface area contributed by atoms with Crippen molar-refractivity contribution in [3.05, 3.63) is 71.5 Å². The van der Waals surface area contributed by atoms with Gasteiger partial charge in [0.05, 0.1) is 11.4 Å². The van der Waals surface area contributed by atoms with Crippen molar-refractivity contribution in [2.24, 2.45) is 0 Å². The number of hydrogen-bond acceptors (Lipinski definition) is 3. The quantitative estimate of drug-likeness (QED) is 0.722. The highest BCUT2D eigenvalue weighted by molar-refractivity contribution is 6.31. The number of aromatic nitrogens is 2. The molecule has 0 radical (unpaired) electrons. The summed E-state index contributed by atoms with van der Waals surface area (Å²) in [5.41, 5.74) is 9.63. The van der Waals surface area contributed by atoms with Crippen LogP contribution in [0.5, 0.6) is 0 Å². The van der Waals surface area contributed by atoms with Gasteiger partial charge in [0.15, 0.2) is 0 Å². The molecule has 0 saturated carbocycles. The summed E-state index contributed by atoms with van der Waals surface area (Å²) in [7, 11) is 0. The van der Waals surface area contributed by atoms with Gasteiger partial charge in [-0.2, -0.15) is 5.10 Å². The van der Waals surface area contributed by atoms with Crippen molar-refractivity contribution in [3.63, 3.8) is 0 Å². The fourth-order valence-corrected chi connectivity index (χ4v) is 2.32. The Kier molecular flexibility index (Phi) is 3.79. The SMILES string of the molecule is Nc1ccccc1CNc1cc(Cl)ccc1-n1cccn1. The standard InChI is InChI=1S/C16H15ClN4/c17-13-6-7-16(21-9-3-8-20-21)15(10-13)19-11-12-4-1-2-5-14(12)18/h1-10,19H,11,18H2. The zero-order chi connectivity index (χ0) is 14.7. The lowest BCUT2D eigenvalue weighted by Gasteiger charge is -2.13. The number of halogens is 1. The normalized spacial score (nSPS) is 10.5. The van der Waals surface area contributed by atoms with Crippen LogP contribution in [0.1, 0.15) is 5.56 Å². The van der Waals surface area contributed by atoms with Crippen LogP contribution < -0.4 is 11.1 Å². The fraction of sp³-hybridized carbons (Fsp3) is 0.0625. The third kappa shape index (κ3) is 3.01. The van der Waals surface area contributed by atoms with Crippen molar-refractivity contribution >= 4 is 23.0 Å². The number of nitrogens with two attached hydrogens (primary N) is 1. The molecule has 0 fully saturated rings. The molecule has 0 aliphatic carbocycles. The monoisotopic (exact) mass is 298 g/mol. The third-order valence-corrected chi connectivity index (χ3v) is 3.47. The molecule has 1 aromatic heterocycles. The van der Waals surface area contributed by atoms with Crippen molar-refractivity contribution in [2.45, 2.75) is 6.54 Å². The number of benzene rings is 2. The molecule has 1 heterocycles. The van der Waals surface area contributed by atoms with E-state index in [1.807, 2.05) is 54.7 Å². The van der Waals surface area contributed by atoms with Crippen LogP contribution in [-0.4, -0.2) is 9.78 Å². The summed E-state index contributed by atoms with van der Waals surface area (Å²) >= 11 is 6.10. The van der Waals surface area contributed by atoms with Gasteiger partial charge in [0.25, 0.3) is 0 Å². The number of nitrogens with one attached hydrogen (secondary N) is 1. The first-order chi connectivity index (χ1) is 10.2. The Morgan fingerprint density at radius 3 is 2.76 bits per heavy atom. The molecule has 0 aliphatic heterocycles. The number of hydrogen-bond donors (Lipinski definition) is 2. The number of para-hydroxylation sites is 1. The Balaban J connectivity index is 1.88. The van der Waals surface area contributed by atoms with Crippen LogP contribution in [0.4, 0.5) is 11.4 Å². The maximum atomic E-state index is 6.10. The maximum Gasteiger partial charge on any atom is 0.0877 e. The molecule has 5 heteroatoms. The Morgan fingerprint density at radius 1 is 1.14 bits per heavy atom. The smallest absolute Gasteiger partial charge is 0.0877 e. The van der Waals surface area contributed by atoms with Gasteiger partial charge in [-0.1, -0.05) is 29.8 Å². The minimum Gasteiger partial charge on any atom is -0.398 e. The van der Waals surface area contributed by atoms with Crippen molar-refractivity contribution in [2.75, 3.05) is 11.1 Å². The van der Waals surface area contributed by atoms with E-state index < -0.39 is 0 Å². The number of anilines is 2. The van der Waals surface area contributed by atoms with E-state index in [9.17, 15) is 0 Å². The molecule has 3 aromatic rings. The van der Waals surface area contributed by atoms with E-state index in [0.29, 0.717) is 11.6 Å². The van der Waals surface area contributed by atoms with Crippen LogP contribution in [0.25, 0.3) is 5.69 Å². The highest BCUT2D eigenvalue weighted by atomic mass is 35.5. The van der Waals surface area contributed by atoms with Crippen LogP contribution in [0, 0.1) is 0 Å². The Morgan fingerprint density at radius 2 is 2.00 bits per heavy atom. The third-order valence-electron chi connectivity index (χ3n) is 3.23. The van der Waals surface area contributed by atoms with Gasteiger partial charge in [-0.05, 0) is 35.9 Å². The molecule has 3 rings (SSSR count). The van der Waals surface area contributed by atoms with E-state index in [0.717, 1.165) is 22.6 Å². The van der Waals surface area contributed by atoms with Gasteiger partial charge in [0.2, 0.25) is 0 Å². The Bertz CT molecular complexity index is 738. The summed E-state index contributed by atoms with van der Waals surface area (Å²) in [5, 5.41) is 8.31. The van der Waals surface area contributed by atoms with E-state index in [2.05, 4.69) is 10.4 Å². The molecule has 21 heavy (non-hydrogen) atoms. The lowest BCUT2D eigenvalue weighted by Crippen LogP contribution is -2.06. The van der Waals surface area contributed by atoms with Crippen LogP contribution in [0.15, 0.2) is 60.9 Å². The van der Waals surface area contributed by atoms with Crippen LogP contribution >= 0.6 is 11.6 Å². The predicted octanol–water partition coefficient (Wildman–Crippen LogP) is 3.72. The summed E-state index contributed by atoms with van der Waals surface area (Å²) in [6, 6.07) is 15.3. The molecule has 0 saturated heterocycles. The van der Waals surface area contributed by atoms with Gasteiger partial charge in [0.1, 0.15) is 0 Å². The first-order valence-corrected chi connectivity index (χ1v) is 6.98. The summed E-state index contributed by atoms with van der Waals surface area (Å²) in [6.07, 6.45) is 3.64. The van der Waals surface area contributed by atoms with Gasteiger partial charge < -0.3 is 11.1 Å². The molecule has 0 amide bonds. The Hall–Kier alpha value is -2.46. The molecule has 0 spiro atoms. The second-order valence-electron chi connectivity index (χ2n) is 4.66. The second kappa shape index (κ2) is 5.89. The Labute approximate surface area is 128 Å². The maximum absolute atomic E-state index is 6.10.